The van der Waals surface area contributed by atoms with Crippen molar-refractivity contribution in [2.24, 2.45) is 10.9 Å². The minimum Gasteiger partial charge on any atom is -0.312 e. The molecule has 0 saturated carbocycles. The third-order valence-electron chi connectivity index (χ3n) is 4.73. The van der Waals surface area contributed by atoms with E-state index in [1.165, 1.54) is 17.6 Å². The fourth-order valence-electron chi connectivity index (χ4n) is 3.50. The number of nitrogens with zero attached hydrogens (tertiary/aromatic N) is 2. The SMILES string of the molecule is CCN1C(=O)CC2=CCC(C3=CN=C/C=C/CCC3)CC=C21. The summed E-state index contributed by atoms with van der Waals surface area (Å²) in [6.45, 7) is 2.82. The first kappa shape index (κ1) is 15.0. The average molecular weight is 296 g/mol. The molecule has 22 heavy (non-hydrogen) atoms. The van der Waals surface area contributed by atoms with Crippen LogP contribution in [0, 0.1) is 5.92 Å². The topological polar surface area (TPSA) is 32.7 Å². The summed E-state index contributed by atoms with van der Waals surface area (Å²) in [7, 11) is 0. The fraction of sp³-hybridized carbons (Fsp3) is 0.474. The first-order valence-electron chi connectivity index (χ1n) is 8.36. The van der Waals surface area contributed by atoms with Gasteiger partial charge in [-0.1, -0.05) is 18.2 Å². The molecule has 3 rings (SSSR count). The van der Waals surface area contributed by atoms with Crippen LogP contribution in [0.5, 0.6) is 0 Å². The second-order valence-electron chi connectivity index (χ2n) is 6.12. The monoisotopic (exact) mass is 296 g/mol. The van der Waals surface area contributed by atoms with Crippen molar-refractivity contribution < 1.29 is 4.79 Å². The maximum atomic E-state index is 12.0. The van der Waals surface area contributed by atoms with Gasteiger partial charge in [-0.2, -0.15) is 0 Å². The van der Waals surface area contributed by atoms with E-state index in [-0.39, 0.29) is 5.91 Å². The van der Waals surface area contributed by atoms with Crippen molar-refractivity contribution in [1.29, 1.82) is 0 Å². The van der Waals surface area contributed by atoms with Crippen molar-refractivity contribution in [3.05, 3.63) is 47.3 Å². The normalized spacial score (nSPS) is 27.0. The van der Waals surface area contributed by atoms with Gasteiger partial charge in [-0.3, -0.25) is 9.79 Å². The Balaban J connectivity index is 1.79. The number of amides is 1. The van der Waals surface area contributed by atoms with Gasteiger partial charge < -0.3 is 4.90 Å². The fourth-order valence-corrected chi connectivity index (χ4v) is 3.50. The predicted octanol–water partition coefficient (Wildman–Crippen LogP) is 4.15. The van der Waals surface area contributed by atoms with E-state index in [2.05, 4.69) is 29.4 Å². The molecule has 0 radical (unpaired) electrons. The Morgan fingerprint density at radius 1 is 1.32 bits per heavy atom. The third kappa shape index (κ3) is 3.13. The van der Waals surface area contributed by atoms with Crippen LogP contribution in [-0.4, -0.2) is 23.6 Å². The van der Waals surface area contributed by atoms with Gasteiger partial charge in [-0.15, -0.1) is 0 Å². The highest BCUT2D eigenvalue weighted by atomic mass is 16.2. The number of hydrogen-bond donors (Lipinski definition) is 0. The molecular weight excluding hydrogens is 272 g/mol. The lowest BCUT2D eigenvalue weighted by molar-refractivity contribution is -0.126. The van der Waals surface area contributed by atoms with E-state index in [0.717, 1.165) is 37.9 Å². The van der Waals surface area contributed by atoms with Gasteiger partial charge in [0.1, 0.15) is 0 Å². The summed E-state index contributed by atoms with van der Waals surface area (Å²) >= 11 is 0. The largest absolute Gasteiger partial charge is 0.312 e. The molecule has 0 aromatic rings. The summed E-state index contributed by atoms with van der Waals surface area (Å²) in [5.74, 6) is 0.769. The number of hydrogen-bond acceptors (Lipinski definition) is 2. The molecular formula is C19H24N2O. The minimum atomic E-state index is 0.246. The van der Waals surface area contributed by atoms with E-state index in [1.807, 2.05) is 24.1 Å². The maximum absolute atomic E-state index is 12.0. The molecule has 0 aromatic carbocycles. The number of likely N-dealkylation sites (N-methyl/N-ethyl adjacent to an activating group) is 1. The van der Waals surface area contributed by atoms with E-state index >= 15 is 0 Å². The van der Waals surface area contributed by atoms with Gasteiger partial charge in [0.2, 0.25) is 5.91 Å². The Morgan fingerprint density at radius 2 is 2.18 bits per heavy atom. The van der Waals surface area contributed by atoms with E-state index in [9.17, 15) is 4.79 Å². The first-order valence-corrected chi connectivity index (χ1v) is 8.36. The summed E-state index contributed by atoms with van der Waals surface area (Å²) < 4.78 is 0. The summed E-state index contributed by atoms with van der Waals surface area (Å²) in [5, 5.41) is 0. The maximum Gasteiger partial charge on any atom is 0.231 e. The predicted molar refractivity (Wildman–Crippen MR) is 90.5 cm³/mol. The molecule has 0 spiro atoms. The number of carbonyl (C=O) groups is 1. The summed E-state index contributed by atoms with van der Waals surface area (Å²) in [5.41, 5.74) is 3.83. The van der Waals surface area contributed by atoms with Crippen molar-refractivity contribution in [2.45, 2.75) is 45.4 Å². The van der Waals surface area contributed by atoms with Gasteiger partial charge in [0.15, 0.2) is 0 Å². The number of allylic oxidation sites excluding steroid dienone is 6. The van der Waals surface area contributed by atoms with Crippen molar-refractivity contribution >= 4 is 12.1 Å². The number of rotatable bonds is 2. The zero-order valence-electron chi connectivity index (χ0n) is 13.3. The van der Waals surface area contributed by atoms with Crippen LogP contribution in [0.1, 0.15) is 45.4 Å². The van der Waals surface area contributed by atoms with E-state index in [0.29, 0.717) is 12.3 Å². The molecule has 0 aromatic heterocycles. The second-order valence-corrected chi connectivity index (χ2v) is 6.12. The van der Waals surface area contributed by atoms with Gasteiger partial charge in [0.05, 0.1) is 6.42 Å². The molecule has 3 nitrogen and oxygen atoms in total. The first-order chi connectivity index (χ1) is 10.8. The van der Waals surface area contributed by atoms with Crippen LogP contribution in [0.2, 0.25) is 0 Å². The Kier molecular flexibility index (Phi) is 4.71. The van der Waals surface area contributed by atoms with Gasteiger partial charge in [0.25, 0.3) is 0 Å². The van der Waals surface area contributed by atoms with Crippen LogP contribution in [0.15, 0.2) is 52.3 Å². The van der Waals surface area contributed by atoms with Crippen LogP contribution < -0.4 is 0 Å². The van der Waals surface area contributed by atoms with Gasteiger partial charge >= 0.3 is 0 Å². The van der Waals surface area contributed by atoms with Crippen LogP contribution in [0.25, 0.3) is 0 Å². The standard InChI is InChI=1S/C19H24N2O/c1-2-21-18-11-10-15(8-9-16(18)13-19(21)22)17-7-5-3-4-6-12-20-14-17/h4,6,9,11-12,14-15H,2-3,5,7-8,10,13H2,1H3/b6-4+,17-14?,20-12?. The molecule has 1 fully saturated rings. The quantitative estimate of drug-likeness (QED) is 0.753. The molecule has 2 aliphatic heterocycles. The van der Waals surface area contributed by atoms with Gasteiger partial charge in [0, 0.05) is 24.7 Å². The zero-order chi connectivity index (χ0) is 15.4. The lowest BCUT2D eigenvalue weighted by atomic mass is 9.89. The van der Waals surface area contributed by atoms with Gasteiger partial charge in [-0.05, 0) is 62.2 Å². The molecule has 3 heteroatoms. The van der Waals surface area contributed by atoms with E-state index < -0.39 is 0 Å². The van der Waals surface area contributed by atoms with Crippen LogP contribution in [-0.2, 0) is 4.79 Å². The molecule has 1 atom stereocenters. The van der Waals surface area contributed by atoms with E-state index in [4.69, 9.17) is 0 Å². The van der Waals surface area contributed by atoms with Crippen molar-refractivity contribution in [3.8, 4) is 0 Å². The molecule has 1 amide bonds. The third-order valence-corrected chi connectivity index (χ3v) is 4.73. The molecule has 1 unspecified atom stereocenters. The molecule has 116 valence electrons. The highest BCUT2D eigenvalue weighted by Crippen LogP contribution is 2.36. The molecule has 2 heterocycles. The molecule has 1 aliphatic carbocycles. The summed E-state index contributed by atoms with van der Waals surface area (Å²) in [6.07, 6.45) is 18.8. The molecule has 0 bridgehead atoms. The highest BCUT2D eigenvalue weighted by molar-refractivity contribution is 5.87. The lowest BCUT2D eigenvalue weighted by Gasteiger charge is -2.17. The second kappa shape index (κ2) is 6.91. The number of aliphatic imine (C=N–C) groups is 1. The molecule has 1 saturated heterocycles. The number of fused-ring (bicyclic) bond motifs is 1. The lowest BCUT2D eigenvalue weighted by Crippen LogP contribution is -2.22. The van der Waals surface area contributed by atoms with E-state index in [1.54, 1.807) is 0 Å². The zero-order valence-corrected chi connectivity index (χ0v) is 13.3. The summed E-state index contributed by atoms with van der Waals surface area (Å²) in [6, 6.07) is 0. The Bertz CT molecular complexity index is 593. The Hall–Kier alpha value is -1.90. The average Bonchev–Trinajstić information content (AvgIpc) is 2.78. The Morgan fingerprint density at radius 3 is 3.05 bits per heavy atom. The van der Waals surface area contributed by atoms with Crippen molar-refractivity contribution in [1.82, 2.24) is 4.90 Å². The summed E-state index contributed by atoms with van der Waals surface area (Å²) in [4.78, 5) is 18.3. The molecule has 3 aliphatic rings. The minimum absolute atomic E-state index is 0.246. The highest BCUT2D eigenvalue weighted by Gasteiger charge is 2.30. The van der Waals surface area contributed by atoms with Crippen molar-refractivity contribution in [3.63, 3.8) is 0 Å². The number of likely N-dealkylation sites (tertiary alicyclic amines) is 1. The van der Waals surface area contributed by atoms with Crippen LogP contribution in [0.3, 0.4) is 0 Å². The Labute approximate surface area is 132 Å². The van der Waals surface area contributed by atoms with Crippen LogP contribution in [0.4, 0.5) is 0 Å². The van der Waals surface area contributed by atoms with Crippen LogP contribution >= 0.6 is 0 Å². The number of carbonyl (C=O) groups excluding carboxylic acids is 1. The van der Waals surface area contributed by atoms with Crippen molar-refractivity contribution in [2.75, 3.05) is 6.54 Å². The van der Waals surface area contributed by atoms with Gasteiger partial charge in [-0.25, -0.2) is 0 Å². The smallest absolute Gasteiger partial charge is 0.231 e. The molecule has 0 N–H and O–H groups in total.